The Hall–Kier alpha value is -3.16. The highest BCUT2D eigenvalue weighted by atomic mass is 16.5. The van der Waals surface area contributed by atoms with Crippen LogP contribution in [0.4, 0.5) is 0 Å². The molecular formula is C19H20N4O4. The number of hydrazone groups is 1. The van der Waals surface area contributed by atoms with Gasteiger partial charge in [0.15, 0.2) is 5.76 Å². The van der Waals surface area contributed by atoms with Crippen LogP contribution < -0.4 is 0 Å². The number of rotatable bonds is 4. The lowest BCUT2D eigenvalue weighted by Crippen LogP contribution is -2.29. The second kappa shape index (κ2) is 7.22. The topological polar surface area (TPSA) is 96.9 Å². The first-order chi connectivity index (χ1) is 13.2. The van der Waals surface area contributed by atoms with Crippen molar-refractivity contribution >= 4 is 34.8 Å². The molecule has 1 unspecified atom stereocenters. The standard InChI is InChI=1S/C19H20N4O4/c1-2-26-19(25)15-16(24)14(27-18(15)22-23-8-3-4-9-23)10-12-11-21-17-13(12)6-5-7-20-17/h5-7,10-11,15H,2-4,8-9H2,1H3,(H,20,21)/b14-10-,22-18?. The Balaban J connectivity index is 1.69. The van der Waals surface area contributed by atoms with E-state index in [2.05, 4.69) is 15.1 Å². The molecule has 2 saturated heterocycles. The van der Waals surface area contributed by atoms with E-state index in [-0.39, 0.29) is 18.3 Å². The summed E-state index contributed by atoms with van der Waals surface area (Å²) >= 11 is 0. The third-order valence-electron chi connectivity index (χ3n) is 4.58. The number of aromatic amines is 1. The molecule has 0 radical (unpaired) electrons. The minimum atomic E-state index is -1.15. The summed E-state index contributed by atoms with van der Waals surface area (Å²) in [5.74, 6) is -2.06. The molecule has 1 N–H and O–H groups in total. The molecular weight excluding hydrogens is 348 g/mol. The van der Waals surface area contributed by atoms with Crippen LogP contribution in [0.15, 0.2) is 35.4 Å². The molecule has 27 heavy (non-hydrogen) atoms. The molecule has 8 heteroatoms. The number of ketones is 1. The van der Waals surface area contributed by atoms with Gasteiger partial charge in [0.1, 0.15) is 5.65 Å². The minimum absolute atomic E-state index is 0.0794. The van der Waals surface area contributed by atoms with Gasteiger partial charge in [-0.3, -0.25) is 14.6 Å². The average Bonchev–Trinajstić information content (AvgIpc) is 3.37. The van der Waals surface area contributed by atoms with Gasteiger partial charge in [-0.25, -0.2) is 4.98 Å². The van der Waals surface area contributed by atoms with Crippen molar-refractivity contribution in [1.29, 1.82) is 0 Å². The fourth-order valence-electron chi connectivity index (χ4n) is 3.27. The largest absolute Gasteiger partial charge is 0.465 e. The molecule has 2 aliphatic rings. The molecule has 140 valence electrons. The number of H-pyrrole nitrogens is 1. The zero-order valence-corrected chi connectivity index (χ0v) is 15.0. The summed E-state index contributed by atoms with van der Waals surface area (Å²) < 4.78 is 10.8. The smallest absolute Gasteiger partial charge is 0.326 e. The number of esters is 1. The van der Waals surface area contributed by atoms with E-state index in [9.17, 15) is 9.59 Å². The molecule has 4 rings (SSSR count). The molecule has 0 spiro atoms. The van der Waals surface area contributed by atoms with Crippen molar-refractivity contribution in [1.82, 2.24) is 15.0 Å². The summed E-state index contributed by atoms with van der Waals surface area (Å²) in [4.78, 5) is 32.5. The molecule has 2 aromatic heterocycles. The molecule has 0 saturated carbocycles. The molecule has 0 amide bonds. The van der Waals surface area contributed by atoms with Gasteiger partial charge in [-0.2, -0.15) is 0 Å². The Morgan fingerprint density at radius 3 is 3.07 bits per heavy atom. The van der Waals surface area contributed by atoms with Gasteiger partial charge < -0.3 is 14.5 Å². The third kappa shape index (κ3) is 3.30. The highest BCUT2D eigenvalue weighted by Crippen LogP contribution is 2.28. The maximum absolute atomic E-state index is 12.8. The predicted molar refractivity (Wildman–Crippen MR) is 98.5 cm³/mol. The molecule has 8 nitrogen and oxygen atoms in total. The van der Waals surface area contributed by atoms with Crippen LogP contribution in [0.25, 0.3) is 17.1 Å². The van der Waals surface area contributed by atoms with Crippen LogP contribution in [0, 0.1) is 5.92 Å². The number of carbonyl (C=O) groups is 2. The van der Waals surface area contributed by atoms with E-state index in [1.807, 2.05) is 17.1 Å². The van der Waals surface area contributed by atoms with Crippen LogP contribution in [-0.4, -0.2) is 52.3 Å². The van der Waals surface area contributed by atoms with E-state index in [0.717, 1.165) is 36.9 Å². The summed E-state index contributed by atoms with van der Waals surface area (Å²) in [5, 5.41) is 7.08. The Kier molecular flexibility index (Phi) is 4.62. The average molecular weight is 368 g/mol. The van der Waals surface area contributed by atoms with Gasteiger partial charge in [-0.05, 0) is 38.0 Å². The fraction of sp³-hybridized carbons (Fsp3) is 0.368. The van der Waals surface area contributed by atoms with Crippen molar-refractivity contribution in [3.05, 3.63) is 35.8 Å². The molecule has 2 aliphatic heterocycles. The first-order valence-corrected chi connectivity index (χ1v) is 9.03. The van der Waals surface area contributed by atoms with Gasteiger partial charge in [-0.15, -0.1) is 5.10 Å². The van der Waals surface area contributed by atoms with Crippen LogP contribution >= 0.6 is 0 Å². The number of hydrogen-bond donors (Lipinski definition) is 1. The van der Waals surface area contributed by atoms with Crippen molar-refractivity contribution in [2.75, 3.05) is 19.7 Å². The van der Waals surface area contributed by atoms with E-state index < -0.39 is 17.7 Å². The number of fused-ring (bicyclic) bond motifs is 1. The highest BCUT2D eigenvalue weighted by Gasteiger charge is 2.45. The Bertz CT molecular complexity index is 940. The first-order valence-electron chi connectivity index (χ1n) is 9.03. The number of aromatic nitrogens is 2. The Labute approximate surface area is 155 Å². The minimum Gasteiger partial charge on any atom is -0.465 e. The number of nitrogens with zero attached hydrogens (tertiary/aromatic N) is 3. The third-order valence-corrected chi connectivity index (χ3v) is 4.58. The molecule has 0 aliphatic carbocycles. The molecule has 1 atom stereocenters. The monoisotopic (exact) mass is 368 g/mol. The molecule has 0 aromatic carbocycles. The summed E-state index contributed by atoms with van der Waals surface area (Å²) in [5.41, 5.74) is 1.47. The van der Waals surface area contributed by atoms with Crippen LogP contribution in [0.1, 0.15) is 25.3 Å². The summed E-state index contributed by atoms with van der Waals surface area (Å²) in [6, 6.07) is 3.71. The first kappa shape index (κ1) is 17.3. The predicted octanol–water partition coefficient (Wildman–Crippen LogP) is 2.09. The van der Waals surface area contributed by atoms with E-state index >= 15 is 0 Å². The lowest BCUT2D eigenvalue weighted by Gasteiger charge is -2.12. The zero-order chi connectivity index (χ0) is 18.8. The zero-order valence-electron chi connectivity index (χ0n) is 15.0. The normalized spacial score (nSPS) is 22.8. The van der Waals surface area contributed by atoms with Crippen molar-refractivity contribution in [3.63, 3.8) is 0 Å². The summed E-state index contributed by atoms with van der Waals surface area (Å²) in [6.45, 7) is 3.45. The number of hydrogen-bond acceptors (Lipinski definition) is 7. The van der Waals surface area contributed by atoms with Gasteiger partial charge in [0.2, 0.25) is 17.6 Å². The highest BCUT2D eigenvalue weighted by molar-refractivity contribution is 6.27. The Morgan fingerprint density at radius 1 is 1.48 bits per heavy atom. The number of Topliss-reactive ketones (excluding diaryl/α,β-unsaturated/α-hetero) is 1. The number of ether oxygens (including phenoxy) is 2. The lowest BCUT2D eigenvalue weighted by atomic mass is 10.0. The van der Waals surface area contributed by atoms with Crippen LogP contribution in [0.2, 0.25) is 0 Å². The second-order valence-corrected chi connectivity index (χ2v) is 6.40. The lowest BCUT2D eigenvalue weighted by molar-refractivity contribution is -0.147. The van der Waals surface area contributed by atoms with Gasteiger partial charge in [-0.1, -0.05) is 0 Å². The number of pyridine rings is 1. The van der Waals surface area contributed by atoms with E-state index in [0.29, 0.717) is 5.65 Å². The Morgan fingerprint density at radius 2 is 2.30 bits per heavy atom. The van der Waals surface area contributed by atoms with Crippen molar-refractivity contribution in [2.45, 2.75) is 19.8 Å². The maximum atomic E-state index is 12.8. The maximum Gasteiger partial charge on any atom is 0.326 e. The quantitative estimate of drug-likeness (QED) is 0.504. The second-order valence-electron chi connectivity index (χ2n) is 6.40. The fourth-order valence-corrected chi connectivity index (χ4v) is 3.27. The molecule has 4 heterocycles. The van der Waals surface area contributed by atoms with Crippen LogP contribution in [-0.2, 0) is 19.1 Å². The molecule has 2 fully saturated rings. The number of allylic oxidation sites excluding steroid dienone is 1. The number of carbonyl (C=O) groups excluding carboxylic acids is 2. The van der Waals surface area contributed by atoms with Gasteiger partial charge in [0.05, 0.1) is 6.61 Å². The summed E-state index contributed by atoms with van der Waals surface area (Å²) in [7, 11) is 0. The molecule has 2 aromatic rings. The van der Waals surface area contributed by atoms with Gasteiger partial charge in [0, 0.05) is 36.4 Å². The van der Waals surface area contributed by atoms with Crippen LogP contribution in [0.5, 0.6) is 0 Å². The van der Waals surface area contributed by atoms with Gasteiger partial charge in [0.25, 0.3) is 0 Å². The van der Waals surface area contributed by atoms with Crippen molar-refractivity contribution in [2.24, 2.45) is 11.0 Å². The van der Waals surface area contributed by atoms with Crippen molar-refractivity contribution in [3.8, 4) is 0 Å². The van der Waals surface area contributed by atoms with E-state index in [1.165, 1.54) is 0 Å². The number of nitrogens with one attached hydrogen (secondary N) is 1. The van der Waals surface area contributed by atoms with Gasteiger partial charge >= 0.3 is 5.97 Å². The van der Waals surface area contributed by atoms with E-state index in [1.54, 1.807) is 25.4 Å². The van der Waals surface area contributed by atoms with Crippen molar-refractivity contribution < 1.29 is 19.1 Å². The van der Waals surface area contributed by atoms with Crippen LogP contribution in [0.3, 0.4) is 0 Å². The molecule has 0 bridgehead atoms. The van der Waals surface area contributed by atoms with E-state index in [4.69, 9.17) is 9.47 Å². The summed E-state index contributed by atoms with van der Waals surface area (Å²) in [6.07, 6.45) is 7.10. The SMILES string of the molecule is CCOC(=O)C1C(=O)/C(=C/c2c[nH]c3ncccc23)OC1=NN1CCCC1.